The van der Waals surface area contributed by atoms with Gasteiger partial charge in [0.15, 0.2) is 0 Å². The van der Waals surface area contributed by atoms with Gasteiger partial charge in [0.2, 0.25) is 5.91 Å². The summed E-state index contributed by atoms with van der Waals surface area (Å²) in [6.45, 7) is 10.2. The molecule has 3 N–H and O–H groups in total. The Morgan fingerprint density at radius 3 is 2.33 bits per heavy atom. The third kappa shape index (κ3) is 4.18. The van der Waals surface area contributed by atoms with E-state index in [1.807, 2.05) is 0 Å². The van der Waals surface area contributed by atoms with Crippen molar-refractivity contribution in [1.29, 1.82) is 0 Å². The third-order valence-corrected chi connectivity index (χ3v) is 2.73. The molecule has 1 aliphatic rings. The summed E-state index contributed by atoms with van der Waals surface area (Å²) in [6.07, 6.45) is 0.836. The van der Waals surface area contributed by atoms with Crippen molar-refractivity contribution >= 4 is 5.91 Å². The van der Waals surface area contributed by atoms with E-state index in [2.05, 4.69) is 31.0 Å². The minimum atomic E-state index is -0.188. The lowest BCUT2D eigenvalue weighted by atomic mass is 9.87. The normalized spacial score (nSPS) is 21.3. The zero-order chi connectivity index (χ0) is 11.5. The molecule has 1 amide bonds. The summed E-state index contributed by atoms with van der Waals surface area (Å²) in [5.41, 5.74) is 5.62. The maximum Gasteiger partial charge on any atom is 0.234 e. The predicted molar refractivity (Wildman–Crippen MR) is 61.5 cm³/mol. The minimum absolute atomic E-state index is 0.105. The van der Waals surface area contributed by atoms with E-state index in [1.54, 1.807) is 0 Å². The van der Waals surface area contributed by atoms with Crippen molar-refractivity contribution in [3.05, 3.63) is 0 Å². The predicted octanol–water partition coefficient (Wildman–Crippen LogP) is 0.182. The molecule has 88 valence electrons. The average molecular weight is 213 g/mol. The summed E-state index contributed by atoms with van der Waals surface area (Å²) in [6, 6.07) is -0.105. The Labute approximate surface area is 92.2 Å². The zero-order valence-corrected chi connectivity index (χ0v) is 10.0. The van der Waals surface area contributed by atoms with E-state index < -0.39 is 0 Å². The van der Waals surface area contributed by atoms with Crippen molar-refractivity contribution in [1.82, 2.24) is 10.2 Å². The summed E-state index contributed by atoms with van der Waals surface area (Å²) < 4.78 is 0. The quantitative estimate of drug-likeness (QED) is 0.703. The molecule has 0 radical (unpaired) electrons. The highest BCUT2D eigenvalue weighted by molar-refractivity contribution is 5.79. The molecule has 4 heteroatoms. The van der Waals surface area contributed by atoms with Crippen LogP contribution >= 0.6 is 0 Å². The summed E-state index contributed by atoms with van der Waals surface area (Å²) in [5, 5.41) is 3.28. The highest BCUT2D eigenvalue weighted by Crippen LogP contribution is 2.23. The topological polar surface area (TPSA) is 58.4 Å². The largest absolute Gasteiger partial charge is 0.368 e. The number of hydrogen-bond acceptors (Lipinski definition) is 3. The SMILES string of the molecule is CC(C)(C)CC(C(N)=O)N1CCNCC1. The molecule has 0 saturated carbocycles. The Hall–Kier alpha value is -0.610. The monoisotopic (exact) mass is 213 g/mol. The number of carbonyl (C=O) groups is 1. The first kappa shape index (κ1) is 12.5. The van der Waals surface area contributed by atoms with Crippen molar-refractivity contribution in [3.63, 3.8) is 0 Å². The maximum absolute atomic E-state index is 11.4. The second kappa shape index (κ2) is 4.94. The van der Waals surface area contributed by atoms with Gasteiger partial charge in [0.1, 0.15) is 0 Å². The maximum atomic E-state index is 11.4. The highest BCUT2D eigenvalue weighted by atomic mass is 16.1. The molecule has 0 spiro atoms. The summed E-state index contributed by atoms with van der Waals surface area (Å²) in [5.74, 6) is -0.188. The molecule has 0 aromatic heterocycles. The molecule has 1 atom stereocenters. The Morgan fingerprint density at radius 1 is 1.40 bits per heavy atom. The minimum Gasteiger partial charge on any atom is -0.368 e. The van der Waals surface area contributed by atoms with E-state index in [0.29, 0.717) is 0 Å². The Morgan fingerprint density at radius 2 is 1.93 bits per heavy atom. The second-order valence-electron chi connectivity index (χ2n) is 5.47. The standard InChI is InChI=1S/C11H23N3O/c1-11(2,3)8-9(10(12)15)14-6-4-13-5-7-14/h9,13H,4-8H2,1-3H3,(H2,12,15). The van der Waals surface area contributed by atoms with E-state index in [-0.39, 0.29) is 17.4 Å². The van der Waals surface area contributed by atoms with Gasteiger partial charge in [-0.1, -0.05) is 20.8 Å². The fraction of sp³-hybridized carbons (Fsp3) is 0.909. The summed E-state index contributed by atoms with van der Waals surface area (Å²) in [4.78, 5) is 13.6. The molecular formula is C11H23N3O. The highest BCUT2D eigenvalue weighted by Gasteiger charge is 2.29. The van der Waals surface area contributed by atoms with Gasteiger partial charge in [-0.15, -0.1) is 0 Å². The first-order chi connectivity index (χ1) is 6.90. The number of nitrogens with two attached hydrogens (primary N) is 1. The van der Waals surface area contributed by atoms with Crippen molar-refractivity contribution in [2.45, 2.75) is 33.2 Å². The number of primary amides is 1. The van der Waals surface area contributed by atoms with E-state index in [4.69, 9.17) is 5.73 Å². The van der Waals surface area contributed by atoms with Gasteiger partial charge in [-0.05, 0) is 11.8 Å². The van der Waals surface area contributed by atoms with Gasteiger partial charge in [-0.3, -0.25) is 9.69 Å². The van der Waals surface area contributed by atoms with Gasteiger partial charge in [-0.25, -0.2) is 0 Å². The van der Waals surface area contributed by atoms with Crippen LogP contribution in [-0.4, -0.2) is 43.0 Å². The number of hydrogen-bond donors (Lipinski definition) is 2. The van der Waals surface area contributed by atoms with Crippen LogP contribution in [-0.2, 0) is 4.79 Å². The smallest absolute Gasteiger partial charge is 0.234 e. The van der Waals surface area contributed by atoms with Gasteiger partial charge in [0, 0.05) is 26.2 Å². The van der Waals surface area contributed by atoms with Crippen LogP contribution in [0.15, 0.2) is 0 Å². The molecule has 1 aliphatic heterocycles. The Bertz CT molecular complexity index is 216. The van der Waals surface area contributed by atoms with Crippen molar-refractivity contribution in [2.75, 3.05) is 26.2 Å². The van der Waals surface area contributed by atoms with Crippen LogP contribution in [0.1, 0.15) is 27.2 Å². The summed E-state index contributed by atoms with van der Waals surface area (Å²) >= 11 is 0. The molecule has 0 aromatic rings. The van der Waals surface area contributed by atoms with Crippen molar-refractivity contribution in [3.8, 4) is 0 Å². The number of nitrogens with one attached hydrogen (secondary N) is 1. The molecule has 1 unspecified atom stereocenters. The fourth-order valence-corrected chi connectivity index (χ4v) is 1.98. The van der Waals surface area contributed by atoms with Gasteiger partial charge in [0.05, 0.1) is 6.04 Å². The molecule has 1 saturated heterocycles. The molecule has 0 bridgehead atoms. The Kier molecular flexibility index (Phi) is 4.11. The molecular weight excluding hydrogens is 190 g/mol. The Balaban J connectivity index is 2.60. The van der Waals surface area contributed by atoms with E-state index in [0.717, 1.165) is 32.6 Å². The zero-order valence-electron chi connectivity index (χ0n) is 10.0. The van der Waals surface area contributed by atoms with Crippen LogP contribution in [0, 0.1) is 5.41 Å². The lowest BCUT2D eigenvalue weighted by molar-refractivity contribution is -0.124. The van der Waals surface area contributed by atoms with Crippen LogP contribution < -0.4 is 11.1 Å². The van der Waals surface area contributed by atoms with Crippen LogP contribution in [0.4, 0.5) is 0 Å². The number of amides is 1. The first-order valence-electron chi connectivity index (χ1n) is 5.64. The van der Waals surface area contributed by atoms with E-state index >= 15 is 0 Å². The van der Waals surface area contributed by atoms with Crippen LogP contribution in [0.25, 0.3) is 0 Å². The van der Waals surface area contributed by atoms with Gasteiger partial charge in [-0.2, -0.15) is 0 Å². The van der Waals surface area contributed by atoms with Crippen LogP contribution in [0.3, 0.4) is 0 Å². The second-order valence-corrected chi connectivity index (χ2v) is 5.47. The molecule has 15 heavy (non-hydrogen) atoms. The number of nitrogens with zero attached hydrogens (tertiary/aromatic N) is 1. The molecule has 0 aromatic carbocycles. The third-order valence-electron chi connectivity index (χ3n) is 2.73. The number of piperazine rings is 1. The van der Waals surface area contributed by atoms with Crippen molar-refractivity contribution < 1.29 is 4.79 Å². The summed E-state index contributed by atoms with van der Waals surface area (Å²) in [7, 11) is 0. The average Bonchev–Trinajstić information content (AvgIpc) is 2.14. The lowest BCUT2D eigenvalue weighted by Gasteiger charge is -2.36. The molecule has 1 heterocycles. The van der Waals surface area contributed by atoms with Gasteiger partial charge >= 0.3 is 0 Å². The first-order valence-corrected chi connectivity index (χ1v) is 5.64. The molecule has 1 rings (SSSR count). The van der Waals surface area contributed by atoms with E-state index in [9.17, 15) is 4.79 Å². The lowest BCUT2D eigenvalue weighted by Crippen LogP contribution is -2.53. The van der Waals surface area contributed by atoms with Crippen molar-refractivity contribution in [2.24, 2.45) is 11.1 Å². The van der Waals surface area contributed by atoms with E-state index in [1.165, 1.54) is 0 Å². The molecule has 1 fully saturated rings. The van der Waals surface area contributed by atoms with Gasteiger partial charge < -0.3 is 11.1 Å². The van der Waals surface area contributed by atoms with Gasteiger partial charge in [0.25, 0.3) is 0 Å². The number of rotatable bonds is 3. The number of carbonyl (C=O) groups excluding carboxylic acids is 1. The van der Waals surface area contributed by atoms with Crippen LogP contribution in [0.5, 0.6) is 0 Å². The molecule has 0 aliphatic carbocycles. The van der Waals surface area contributed by atoms with Crippen LogP contribution in [0.2, 0.25) is 0 Å². The fourth-order valence-electron chi connectivity index (χ4n) is 1.98. The molecule has 4 nitrogen and oxygen atoms in total.